The van der Waals surface area contributed by atoms with Gasteiger partial charge in [-0.3, -0.25) is 4.79 Å². The summed E-state index contributed by atoms with van der Waals surface area (Å²) >= 11 is 0. The van der Waals surface area contributed by atoms with Crippen molar-refractivity contribution in [3.8, 4) is 5.75 Å². The Morgan fingerprint density at radius 3 is 2.09 bits per heavy atom. The summed E-state index contributed by atoms with van der Waals surface area (Å²) in [5.41, 5.74) is 1.66. The van der Waals surface area contributed by atoms with E-state index in [1.165, 1.54) is 19.1 Å². The van der Waals surface area contributed by atoms with Crippen LogP contribution in [-0.4, -0.2) is 25.7 Å². The summed E-state index contributed by atoms with van der Waals surface area (Å²) in [5.74, 6) is 0.144. The van der Waals surface area contributed by atoms with Gasteiger partial charge >= 0.3 is 0 Å². The molecule has 0 saturated heterocycles. The van der Waals surface area contributed by atoms with Crippen LogP contribution in [0.15, 0.2) is 53.4 Å². The third-order valence-electron chi connectivity index (χ3n) is 3.45. The van der Waals surface area contributed by atoms with Crippen LogP contribution in [0.1, 0.15) is 18.1 Å². The standard InChI is InChI=1S/C17H19NO4S/c1-13-4-10-17(11-5-13)23(20,21)18(14(2)19)12-15-6-8-16(22-3)9-7-15/h4-11H,12H2,1-3H3. The van der Waals surface area contributed by atoms with Crippen LogP contribution in [-0.2, 0) is 21.4 Å². The molecular formula is C17H19NO4S. The molecule has 0 saturated carbocycles. The molecular weight excluding hydrogens is 314 g/mol. The molecule has 0 heterocycles. The quantitative estimate of drug-likeness (QED) is 0.844. The molecule has 1 amide bonds. The highest BCUT2D eigenvalue weighted by atomic mass is 32.2. The number of aryl methyl sites for hydroxylation is 1. The second-order valence-corrected chi connectivity index (χ2v) is 7.05. The van der Waals surface area contributed by atoms with E-state index in [9.17, 15) is 13.2 Å². The molecule has 0 aliphatic heterocycles. The van der Waals surface area contributed by atoms with Gasteiger partial charge in [-0.1, -0.05) is 29.8 Å². The highest BCUT2D eigenvalue weighted by Crippen LogP contribution is 2.20. The van der Waals surface area contributed by atoms with Crippen molar-refractivity contribution >= 4 is 15.9 Å². The van der Waals surface area contributed by atoms with Crippen molar-refractivity contribution in [1.82, 2.24) is 4.31 Å². The maximum absolute atomic E-state index is 12.7. The fourth-order valence-electron chi connectivity index (χ4n) is 2.10. The first-order valence-electron chi connectivity index (χ1n) is 7.07. The number of sulfonamides is 1. The number of nitrogens with zero attached hydrogens (tertiary/aromatic N) is 1. The van der Waals surface area contributed by atoms with Crippen LogP contribution in [0.4, 0.5) is 0 Å². The van der Waals surface area contributed by atoms with E-state index in [1.807, 2.05) is 6.92 Å². The second-order valence-electron chi connectivity index (χ2n) is 5.19. The minimum absolute atomic E-state index is 0.0183. The number of hydrogen-bond acceptors (Lipinski definition) is 4. The molecule has 122 valence electrons. The molecule has 0 N–H and O–H groups in total. The number of hydrogen-bond donors (Lipinski definition) is 0. The van der Waals surface area contributed by atoms with Crippen LogP contribution in [0.2, 0.25) is 0 Å². The van der Waals surface area contributed by atoms with Crippen molar-refractivity contribution in [2.75, 3.05) is 7.11 Å². The van der Waals surface area contributed by atoms with Gasteiger partial charge in [0.05, 0.1) is 18.6 Å². The Bertz CT molecular complexity index is 780. The molecule has 0 fully saturated rings. The van der Waals surface area contributed by atoms with E-state index in [-0.39, 0.29) is 11.4 Å². The molecule has 0 aliphatic carbocycles. The van der Waals surface area contributed by atoms with Gasteiger partial charge in [0, 0.05) is 6.92 Å². The molecule has 2 rings (SSSR count). The smallest absolute Gasteiger partial charge is 0.266 e. The lowest BCUT2D eigenvalue weighted by Crippen LogP contribution is -2.34. The van der Waals surface area contributed by atoms with Crippen LogP contribution in [0.3, 0.4) is 0 Å². The van der Waals surface area contributed by atoms with E-state index in [4.69, 9.17) is 4.74 Å². The van der Waals surface area contributed by atoms with Crippen molar-refractivity contribution in [3.63, 3.8) is 0 Å². The first-order chi connectivity index (χ1) is 10.8. The van der Waals surface area contributed by atoms with Gasteiger partial charge in [0.2, 0.25) is 5.91 Å². The van der Waals surface area contributed by atoms with Crippen LogP contribution in [0.5, 0.6) is 5.75 Å². The Morgan fingerprint density at radius 2 is 1.61 bits per heavy atom. The van der Waals surface area contributed by atoms with Gasteiger partial charge in [-0.05, 0) is 36.8 Å². The van der Waals surface area contributed by atoms with Crippen LogP contribution in [0, 0.1) is 6.92 Å². The van der Waals surface area contributed by atoms with E-state index in [0.29, 0.717) is 11.3 Å². The van der Waals surface area contributed by atoms with Crippen molar-refractivity contribution in [1.29, 1.82) is 0 Å². The third-order valence-corrected chi connectivity index (χ3v) is 5.28. The van der Waals surface area contributed by atoms with Gasteiger partial charge in [0.1, 0.15) is 5.75 Å². The van der Waals surface area contributed by atoms with E-state index in [1.54, 1.807) is 43.5 Å². The average Bonchev–Trinajstić information content (AvgIpc) is 2.53. The Balaban J connectivity index is 2.33. The summed E-state index contributed by atoms with van der Waals surface area (Å²) in [6.45, 7) is 3.10. The molecule has 23 heavy (non-hydrogen) atoms. The minimum atomic E-state index is -3.88. The first kappa shape index (κ1) is 17.0. The molecule has 2 aromatic rings. The van der Waals surface area contributed by atoms with E-state index >= 15 is 0 Å². The van der Waals surface area contributed by atoms with Gasteiger partial charge in [0.15, 0.2) is 0 Å². The van der Waals surface area contributed by atoms with Gasteiger partial charge in [-0.25, -0.2) is 12.7 Å². The Kier molecular flexibility index (Phi) is 5.05. The average molecular weight is 333 g/mol. The summed E-state index contributed by atoms with van der Waals surface area (Å²) in [4.78, 5) is 12.0. The van der Waals surface area contributed by atoms with Gasteiger partial charge in [-0.2, -0.15) is 0 Å². The van der Waals surface area contributed by atoms with Crippen LogP contribution >= 0.6 is 0 Å². The zero-order valence-electron chi connectivity index (χ0n) is 13.3. The van der Waals surface area contributed by atoms with Crippen molar-refractivity contribution in [2.24, 2.45) is 0 Å². The molecule has 0 spiro atoms. The number of benzene rings is 2. The molecule has 0 atom stereocenters. The summed E-state index contributed by atoms with van der Waals surface area (Å²) in [5, 5.41) is 0. The molecule has 0 bridgehead atoms. The lowest BCUT2D eigenvalue weighted by molar-refractivity contribution is -0.124. The van der Waals surface area contributed by atoms with Crippen LogP contribution in [0.25, 0.3) is 0 Å². The summed E-state index contributed by atoms with van der Waals surface area (Å²) in [6.07, 6.45) is 0. The third kappa shape index (κ3) is 3.90. The molecule has 5 nitrogen and oxygen atoms in total. The van der Waals surface area contributed by atoms with E-state index < -0.39 is 15.9 Å². The predicted octanol–water partition coefficient (Wildman–Crippen LogP) is 2.74. The topological polar surface area (TPSA) is 63.7 Å². The Hall–Kier alpha value is -2.34. The number of rotatable bonds is 5. The molecule has 0 radical (unpaired) electrons. The highest BCUT2D eigenvalue weighted by molar-refractivity contribution is 7.89. The van der Waals surface area contributed by atoms with Crippen molar-refractivity contribution in [2.45, 2.75) is 25.3 Å². The van der Waals surface area contributed by atoms with E-state index in [0.717, 1.165) is 9.87 Å². The first-order valence-corrected chi connectivity index (χ1v) is 8.51. The second kappa shape index (κ2) is 6.83. The highest BCUT2D eigenvalue weighted by Gasteiger charge is 2.26. The number of carbonyl (C=O) groups is 1. The SMILES string of the molecule is COc1ccc(CN(C(C)=O)S(=O)(=O)c2ccc(C)cc2)cc1. The number of methoxy groups -OCH3 is 1. The lowest BCUT2D eigenvalue weighted by Gasteiger charge is -2.21. The summed E-state index contributed by atoms with van der Waals surface area (Å²) in [6, 6.07) is 13.4. The molecule has 2 aromatic carbocycles. The van der Waals surface area contributed by atoms with Gasteiger partial charge < -0.3 is 4.74 Å². The molecule has 0 aromatic heterocycles. The largest absolute Gasteiger partial charge is 0.497 e. The minimum Gasteiger partial charge on any atom is -0.497 e. The molecule has 0 unspecified atom stereocenters. The van der Waals surface area contributed by atoms with E-state index in [2.05, 4.69) is 0 Å². The molecule has 6 heteroatoms. The number of amides is 1. The predicted molar refractivity (Wildman–Crippen MR) is 87.6 cm³/mol. The number of carbonyl (C=O) groups excluding carboxylic acids is 1. The Labute approximate surface area is 136 Å². The van der Waals surface area contributed by atoms with Gasteiger partial charge in [0.25, 0.3) is 10.0 Å². The van der Waals surface area contributed by atoms with Gasteiger partial charge in [-0.15, -0.1) is 0 Å². The summed E-state index contributed by atoms with van der Waals surface area (Å²) in [7, 11) is -2.32. The zero-order valence-corrected chi connectivity index (χ0v) is 14.1. The maximum Gasteiger partial charge on any atom is 0.266 e. The van der Waals surface area contributed by atoms with Crippen LogP contribution < -0.4 is 4.74 Å². The number of ether oxygens (including phenoxy) is 1. The summed E-state index contributed by atoms with van der Waals surface area (Å²) < 4.78 is 31.3. The fourth-order valence-corrected chi connectivity index (χ4v) is 3.49. The van der Waals surface area contributed by atoms with Crippen molar-refractivity contribution in [3.05, 3.63) is 59.7 Å². The Morgan fingerprint density at radius 1 is 1.04 bits per heavy atom. The fraction of sp³-hybridized carbons (Fsp3) is 0.235. The van der Waals surface area contributed by atoms with Crippen molar-refractivity contribution < 1.29 is 17.9 Å². The lowest BCUT2D eigenvalue weighted by atomic mass is 10.2. The zero-order chi connectivity index (χ0) is 17.0. The monoisotopic (exact) mass is 333 g/mol. The molecule has 0 aliphatic rings. The maximum atomic E-state index is 12.7. The normalized spacial score (nSPS) is 11.1.